The van der Waals surface area contributed by atoms with Crippen molar-refractivity contribution in [3.8, 4) is 0 Å². The molecule has 0 amide bonds. The number of ether oxygens (including phenoxy) is 1. The maximum absolute atomic E-state index is 13.2. The minimum absolute atomic E-state index is 0.0279. The molecule has 0 saturated carbocycles. The van der Waals surface area contributed by atoms with E-state index < -0.39 is 11.8 Å². The Kier molecular flexibility index (Phi) is 2.75. The lowest BCUT2D eigenvalue weighted by molar-refractivity contribution is 0.0594. The maximum Gasteiger partial charge on any atom is 0.356 e. The van der Waals surface area contributed by atoms with Crippen LogP contribution in [0.4, 0.5) is 4.39 Å². The van der Waals surface area contributed by atoms with E-state index in [1.165, 1.54) is 25.3 Å². The smallest absolute Gasteiger partial charge is 0.356 e. The van der Waals surface area contributed by atoms with Crippen molar-refractivity contribution in [3.05, 3.63) is 40.8 Å². The minimum Gasteiger partial charge on any atom is -0.464 e. The van der Waals surface area contributed by atoms with E-state index in [-0.39, 0.29) is 10.7 Å². The maximum atomic E-state index is 13.2. The number of methoxy groups -OCH3 is 1. The van der Waals surface area contributed by atoms with E-state index >= 15 is 0 Å². The average Bonchev–Trinajstić information content (AvgIpc) is 2.29. The van der Waals surface area contributed by atoms with Gasteiger partial charge in [-0.1, -0.05) is 17.7 Å². The summed E-state index contributed by atoms with van der Waals surface area (Å²) in [5, 5.41) is 0.694. The van der Waals surface area contributed by atoms with Gasteiger partial charge in [0, 0.05) is 11.5 Å². The molecule has 2 aromatic rings. The second kappa shape index (κ2) is 4.06. The quantitative estimate of drug-likeness (QED) is 0.719. The van der Waals surface area contributed by atoms with Gasteiger partial charge in [0.15, 0.2) is 0 Å². The van der Waals surface area contributed by atoms with E-state index in [4.69, 9.17) is 11.6 Å². The molecular formula is C11H7ClFNO2. The predicted octanol–water partition coefficient (Wildman–Crippen LogP) is 2.81. The molecule has 0 radical (unpaired) electrons. The summed E-state index contributed by atoms with van der Waals surface area (Å²) in [7, 11) is 1.26. The van der Waals surface area contributed by atoms with E-state index in [0.29, 0.717) is 10.9 Å². The highest BCUT2D eigenvalue weighted by Crippen LogP contribution is 2.21. The molecule has 0 unspecified atom stereocenters. The normalized spacial score (nSPS) is 10.4. The van der Waals surface area contributed by atoms with Crippen molar-refractivity contribution < 1.29 is 13.9 Å². The fraction of sp³-hybridized carbons (Fsp3) is 0.0909. The second-order valence-electron chi connectivity index (χ2n) is 3.15. The zero-order chi connectivity index (χ0) is 11.7. The molecule has 0 aliphatic carbocycles. The SMILES string of the molecule is COC(=O)c1ccc2cc(Cl)c(F)cc2n1. The monoisotopic (exact) mass is 239 g/mol. The lowest BCUT2D eigenvalue weighted by Gasteiger charge is -2.02. The highest BCUT2D eigenvalue weighted by atomic mass is 35.5. The third-order valence-corrected chi connectivity index (χ3v) is 2.42. The van der Waals surface area contributed by atoms with Crippen molar-refractivity contribution in [2.24, 2.45) is 0 Å². The molecule has 5 heteroatoms. The van der Waals surface area contributed by atoms with Crippen LogP contribution in [0.3, 0.4) is 0 Å². The van der Waals surface area contributed by atoms with E-state index in [2.05, 4.69) is 9.72 Å². The molecule has 16 heavy (non-hydrogen) atoms. The Morgan fingerprint density at radius 2 is 2.19 bits per heavy atom. The molecule has 82 valence electrons. The number of carbonyl (C=O) groups excluding carboxylic acids is 1. The van der Waals surface area contributed by atoms with Crippen molar-refractivity contribution in [3.63, 3.8) is 0 Å². The molecule has 0 atom stereocenters. The standard InChI is InChI=1S/C11H7ClFNO2/c1-16-11(15)9-3-2-6-4-7(12)8(13)5-10(6)14-9/h2-5H,1H3. The Hall–Kier alpha value is -1.68. The van der Waals surface area contributed by atoms with Gasteiger partial charge >= 0.3 is 5.97 Å². The van der Waals surface area contributed by atoms with E-state index in [1.54, 1.807) is 6.07 Å². The Labute approximate surface area is 95.8 Å². The van der Waals surface area contributed by atoms with Gasteiger partial charge in [-0.15, -0.1) is 0 Å². The lowest BCUT2D eigenvalue weighted by Crippen LogP contribution is -2.03. The molecule has 0 bridgehead atoms. The van der Waals surface area contributed by atoms with E-state index in [0.717, 1.165) is 0 Å². The van der Waals surface area contributed by atoms with Gasteiger partial charge in [-0.25, -0.2) is 14.2 Å². The van der Waals surface area contributed by atoms with Crippen LogP contribution in [0.15, 0.2) is 24.3 Å². The van der Waals surface area contributed by atoms with E-state index in [1.807, 2.05) is 0 Å². The van der Waals surface area contributed by atoms with Crippen LogP contribution in [0.25, 0.3) is 10.9 Å². The number of benzene rings is 1. The lowest BCUT2D eigenvalue weighted by atomic mass is 10.2. The molecule has 0 aliphatic rings. The molecule has 1 heterocycles. The van der Waals surface area contributed by atoms with Crippen molar-refractivity contribution in [1.82, 2.24) is 4.98 Å². The van der Waals surface area contributed by atoms with Crippen molar-refractivity contribution in [1.29, 1.82) is 0 Å². The summed E-state index contributed by atoms with van der Waals surface area (Å²) in [6.45, 7) is 0. The molecule has 0 N–H and O–H groups in total. The Morgan fingerprint density at radius 1 is 1.44 bits per heavy atom. The summed E-state index contributed by atoms with van der Waals surface area (Å²) in [5.41, 5.74) is 0.501. The van der Waals surface area contributed by atoms with Crippen LogP contribution in [0.2, 0.25) is 5.02 Å². The Morgan fingerprint density at radius 3 is 2.88 bits per heavy atom. The topological polar surface area (TPSA) is 39.2 Å². The second-order valence-corrected chi connectivity index (χ2v) is 3.55. The fourth-order valence-electron chi connectivity index (χ4n) is 1.34. The van der Waals surface area contributed by atoms with Crippen molar-refractivity contribution in [2.75, 3.05) is 7.11 Å². The minimum atomic E-state index is -0.566. The summed E-state index contributed by atoms with van der Waals surface area (Å²) < 4.78 is 17.7. The van der Waals surface area contributed by atoms with Crippen LogP contribution in [-0.2, 0) is 4.74 Å². The molecule has 0 aliphatic heterocycles. The van der Waals surface area contributed by atoms with Gasteiger partial charge in [0.1, 0.15) is 11.5 Å². The summed E-state index contributed by atoms with van der Waals surface area (Å²) in [6, 6.07) is 5.78. The fourth-order valence-corrected chi connectivity index (χ4v) is 1.51. The summed E-state index contributed by atoms with van der Waals surface area (Å²) >= 11 is 5.62. The first-order valence-electron chi connectivity index (χ1n) is 4.46. The zero-order valence-corrected chi connectivity index (χ0v) is 9.08. The molecule has 3 nitrogen and oxygen atoms in total. The van der Waals surface area contributed by atoms with Gasteiger partial charge in [0.05, 0.1) is 17.6 Å². The largest absolute Gasteiger partial charge is 0.464 e. The summed E-state index contributed by atoms with van der Waals surface area (Å²) in [5.74, 6) is -1.12. The van der Waals surface area contributed by atoms with Gasteiger partial charge in [-0.2, -0.15) is 0 Å². The number of halogens is 2. The molecule has 2 rings (SSSR count). The third-order valence-electron chi connectivity index (χ3n) is 2.13. The van der Waals surface area contributed by atoms with Crippen LogP contribution in [0.1, 0.15) is 10.5 Å². The predicted molar refractivity (Wildman–Crippen MR) is 58.1 cm³/mol. The van der Waals surface area contributed by atoms with Crippen LogP contribution < -0.4 is 0 Å². The van der Waals surface area contributed by atoms with Gasteiger partial charge in [0.2, 0.25) is 0 Å². The first kappa shape index (κ1) is 10.8. The van der Waals surface area contributed by atoms with Gasteiger partial charge in [-0.3, -0.25) is 0 Å². The zero-order valence-electron chi connectivity index (χ0n) is 8.33. The highest BCUT2D eigenvalue weighted by Gasteiger charge is 2.09. The van der Waals surface area contributed by atoms with Crippen molar-refractivity contribution >= 4 is 28.5 Å². The van der Waals surface area contributed by atoms with Crippen LogP contribution >= 0.6 is 11.6 Å². The van der Waals surface area contributed by atoms with Crippen molar-refractivity contribution in [2.45, 2.75) is 0 Å². The number of esters is 1. The Bertz CT molecular complexity index is 571. The van der Waals surface area contributed by atoms with Gasteiger partial charge < -0.3 is 4.74 Å². The molecule has 1 aromatic carbocycles. The number of aromatic nitrogens is 1. The summed E-state index contributed by atoms with van der Waals surface area (Å²) in [4.78, 5) is 15.2. The van der Waals surface area contributed by atoms with Crippen LogP contribution in [0.5, 0.6) is 0 Å². The van der Waals surface area contributed by atoms with Crippen LogP contribution in [-0.4, -0.2) is 18.1 Å². The molecule has 0 fully saturated rings. The number of fused-ring (bicyclic) bond motifs is 1. The van der Waals surface area contributed by atoms with E-state index in [9.17, 15) is 9.18 Å². The first-order chi connectivity index (χ1) is 7.61. The number of rotatable bonds is 1. The molecule has 1 aromatic heterocycles. The summed E-state index contributed by atoms with van der Waals surface area (Å²) in [6.07, 6.45) is 0. The number of nitrogens with zero attached hydrogens (tertiary/aromatic N) is 1. The highest BCUT2D eigenvalue weighted by molar-refractivity contribution is 6.31. The third kappa shape index (κ3) is 1.84. The number of hydrogen-bond donors (Lipinski definition) is 0. The first-order valence-corrected chi connectivity index (χ1v) is 4.84. The number of pyridine rings is 1. The molecule has 0 saturated heterocycles. The Balaban J connectivity index is 2.62. The van der Waals surface area contributed by atoms with Gasteiger partial charge in [0.25, 0.3) is 0 Å². The van der Waals surface area contributed by atoms with Crippen LogP contribution in [0, 0.1) is 5.82 Å². The molecule has 0 spiro atoms. The number of hydrogen-bond acceptors (Lipinski definition) is 3. The number of carbonyl (C=O) groups is 1. The van der Waals surface area contributed by atoms with Gasteiger partial charge in [-0.05, 0) is 12.1 Å². The molecular weight excluding hydrogens is 233 g/mol. The average molecular weight is 240 g/mol.